The summed E-state index contributed by atoms with van der Waals surface area (Å²) in [6, 6.07) is 34.1. The molecule has 0 aliphatic heterocycles. The SMILES string of the molecule is CCc1ccc(C(NC)C(=O)Cn2nc(Cc3cccnc3)c3cc(C)ccc3c2=O)cc1.CCc1ccc(C(NC)C(=O)Cn2nc(Cc3cccnc3)c3ccc(C)cc3c2=O)cc1. The molecule has 0 amide bonds. The van der Waals surface area contributed by atoms with Crippen molar-refractivity contribution < 1.29 is 9.59 Å². The second-order valence-corrected chi connectivity index (χ2v) is 16.6. The second kappa shape index (κ2) is 21.6. The van der Waals surface area contributed by atoms with Gasteiger partial charge in [-0.15, -0.1) is 0 Å². The van der Waals surface area contributed by atoms with Gasteiger partial charge >= 0.3 is 0 Å². The maximum Gasteiger partial charge on any atom is 0.275 e. The molecule has 12 heteroatoms. The number of hydrogen-bond acceptors (Lipinski definition) is 10. The zero-order valence-corrected chi connectivity index (χ0v) is 38.4. The Morgan fingerprint density at radius 2 is 0.955 bits per heavy atom. The lowest BCUT2D eigenvalue weighted by Crippen LogP contribution is -2.34. The Kier molecular flexibility index (Phi) is 15.3. The van der Waals surface area contributed by atoms with Crippen LogP contribution >= 0.6 is 0 Å². The van der Waals surface area contributed by atoms with Gasteiger partial charge in [0.1, 0.15) is 13.1 Å². The van der Waals surface area contributed by atoms with E-state index >= 15 is 0 Å². The minimum Gasteiger partial charge on any atom is -0.307 e. The van der Waals surface area contributed by atoms with Gasteiger partial charge in [-0.3, -0.25) is 29.1 Å². The van der Waals surface area contributed by atoms with E-state index in [-0.39, 0.29) is 35.8 Å². The zero-order chi connectivity index (χ0) is 46.7. The van der Waals surface area contributed by atoms with Gasteiger partial charge in [-0.1, -0.05) is 104 Å². The van der Waals surface area contributed by atoms with Crippen molar-refractivity contribution >= 4 is 33.1 Å². The number of Topliss-reactive ketones (excluding diaryl/α,β-unsaturated/α-hetero) is 2. The number of rotatable bonds is 16. The Labute approximate surface area is 384 Å². The van der Waals surface area contributed by atoms with E-state index in [0.717, 1.165) is 68.4 Å². The highest BCUT2D eigenvalue weighted by molar-refractivity contribution is 5.88. The van der Waals surface area contributed by atoms with E-state index < -0.39 is 12.1 Å². The van der Waals surface area contributed by atoms with Gasteiger partial charge in [-0.2, -0.15) is 10.2 Å². The second-order valence-electron chi connectivity index (χ2n) is 16.6. The average Bonchev–Trinajstić information content (AvgIpc) is 3.33. The van der Waals surface area contributed by atoms with Gasteiger partial charge in [0.15, 0.2) is 11.6 Å². The van der Waals surface area contributed by atoms with Crippen LogP contribution in [0.3, 0.4) is 0 Å². The summed E-state index contributed by atoms with van der Waals surface area (Å²) in [5, 5.41) is 18.2. The van der Waals surface area contributed by atoms with Crippen LogP contribution in [0.4, 0.5) is 0 Å². The van der Waals surface area contributed by atoms with Gasteiger partial charge < -0.3 is 10.6 Å². The topological polar surface area (TPSA) is 154 Å². The highest BCUT2D eigenvalue weighted by Gasteiger charge is 2.23. The number of carbonyl (C=O) groups excluding carboxylic acids is 2. The maximum atomic E-state index is 13.3. The predicted molar refractivity (Wildman–Crippen MR) is 261 cm³/mol. The first-order valence-corrected chi connectivity index (χ1v) is 22.4. The monoisotopic (exact) mass is 880 g/mol. The first-order chi connectivity index (χ1) is 32.0. The summed E-state index contributed by atoms with van der Waals surface area (Å²) in [5.41, 5.74) is 9.18. The number of benzene rings is 4. The molecule has 8 aromatic rings. The summed E-state index contributed by atoms with van der Waals surface area (Å²) in [5.74, 6) is -0.231. The summed E-state index contributed by atoms with van der Waals surface area (Å²) in [7, 11) is 3.51. The molecule has 2 N–H and O–H groups in total. The van der Waals surface area contributed by atoms with Crippen molar-refractivity contribution in [3.05, 3.63) is 211 Å². The van der Waals surface area contributed by atoms with Gasteiger partial charge in [0.25, 0.3) is 11.1 Å². The molecule has 2 atom stereocenters. The molecule has 0 saturated carbocycles. The van der Waals surface area contributed by atoms with E-state index in [1.807, 2.05) is 123 Å². The fourth-order valence-electron chi connectivity index (χ4n) is 8.20. The van der Waals surface area contributed by atoms with E-state index in [1.165, 1.54) is 20.5 Å². The van der Waals surface area contributed by atoms with Gasteiger partial charge in [0.2, 0.25) is 0 Å². The molecule has 66 heavy (non-hydrogen) atoms. The van der Waals surface area contributed by atoms with Crippen molar-refractivity contribution in [2.75, 3.05) is 14.1 Å². The summed E-state index contributed by atoms with van der Waals surface area (Å²) >= 11 is 0. The minimum absolute atomic E-state index is 0.107. The zero-order valence-electron chi connectivity index (χ0n) is 38.4. The largest absolute Gasteiger partial charge is 0.307 e. The number of nitrogens with zero attached hydrogens (tertiary/aromatic N) is 6. The van der Waals surface area contributed by atoms with Crippen molar-refractivity contribution in [1.82, 2.24) is 40.2 Å². The smallest absolute Gasteiger partial charge is 0.275 e. The van der Waals surface area contributed by atoms with Crippen LogP contribution in [-0.4, -0.2) is 55.2 Å². The van der Waals surface area contributed by atoms with Crippen LogP contribution in [0.5, 0.6) is 0 Å². The molecule has 2 unspecified atom stereocenters. The molecule has 0 aliphatic rings. The first kappa shape index (κ1) is 46.7. The minimum atomic E-state index is -0.514. The molecule has 4 aromatic heterocycles. The molecule has 336 valence electrons. The molecule has 0 aliphatic carbocycles. The van der Waals surface area contributed by atoms with Gasteiger partial charge in [-0.05, 0) is 104 Å². The Bertz CT molecular complexity index is 3080. The standard InChI is InChI=1S/2C27H28N4O2/c1-4-19-8-10-21(11-9-19)26(28-3)25(32)17-31-27(33)22-12-7-18(2)14-23(22)24(30-31)15-20-6-5-13-29-16-20;1-4-19-8-10-21(11-9-19)26(28-3)25(32)17-31-27(33)23-14-18(2)7-12-22(23)24(30-31)15-20-6-5-13-29-16-20/h2*5-14,16,26,28H,4,15,17H2,1-3H3. The third-order valence-corrected chi connectivity index (χ3v) is 11.8. The number of ketones is 2. The Balaban J connectivity index is 0.000000196. The van der Waals surface area contributed by atoms with Gasteiger partial charge in [0, 0.05) is 48.4 Å². The predicted octanol–water partition coefficient (Wildman–Crippen LogP) is 7.57. The van der Waals surface area contributed by atoms with E-state index in [0.29, 0.717) is 23.6 Å². The lowest BCUT2D eigenvalue weighted by atomic mass is 10.0. The van der Waals surface area contributed by atoms with E-state index in [4.69, 9.17) is 0 Å². The summed E-state index contributed by atoms with van der Waals surface area (Å²) in [6.07, 6.45) is 9.96. The molecule has 0 spiro atoms. The quantitative estimate of drug-likeness (QED) is 0.0994. The first-order valence-electron chi connectivity index (χ1n) is 22.4. The van der Waals surface area contributed by atoms with Gasteiger partial charge in [-0.25, -0.2) is 9.36 Å². The lowest BCUT2D eigenvalue weighted by Gasteiger charge is -2.17. The summed E-state index contributed by atoms with van der Waals surface area (Å²) < 4.78 is 2.61. The highest BCUT2D eigenvalue weighted by Crippen LogP contribution is 2.22. The fourth-order valence-corrected chi connectivity index (χ4v) is 8.20. The van der Waals surface area contributed by atoms with Crippen LogP contribution in [0.25, 0.3) is 21.5 Å². The Morgan fingerprint density at radius 1 is 0.530 bits per heavy atom. The number of hydrogen-bond donors (Lipinski definition) is 2. The molecule has 8 rings (SSSR count). The lowest BCUT2D eigenvalue weighted by molar-refractivity contribution is -0.122. The van der Waals surface area contributed by atoms with Crippen molar-refractivity contribution in [2.45, 2.75) is 78.6 Å². The summed E-state index contributed by atoms with van der Waals surface area (Å²) in [4.78, 5) is 61.4. The molecule has 0 bridgehead atoms. The van der Waals surface area contributed by atoms with Crippen molar-refractivity contribution in [2.24, 2.45) is 0 Å². The normalized spacial score (nSPS) is 12.1. The molecular formula is C54H56N8O4. The number of fused-ring (bicyclic) bond motifs is 2. The number of likely N-dealkylation sites (N-methyl/N-ethyl adjacent to an activating group) is 2. The van der Waals surface area contributed by atoms with Crippen molar-refractivity contribution in [3.63, 3.8) is 0 Å². The van der Waals surface area contributed by atoms with Crippen LogP contribution in [-0.2, 0) is 48.4 Å². The van der Waals surface area contributed by atoms with Crippen LogP contribution in [0.2, 0.25) is 0 Å². The van der Waals surface area contributed by atoms with E-state index in [2.05, 4.69) is 44.6 Å². The number of aryl methyl sites for hydroxylation is 4. The molecular weight excluding hydrogens is 825 g/mol. The molecule has 4 heterocycles. The van der Waals surface area contributed by atoms with Crippen LogP contribution < -0.4 is 21.8 Å². The maximum absolute atomic E-state index is 13.3. The molecule has 0 fully saturated rings. The number of aromatic nitrogens is 6. The van der Waals surface area contributed by atoms with Crippen LogP contribution in [0.1, 0.15) is 81.8 Å². The molecule has 0 radical (unpaired) electrons. The van der Waals surface area contributed by atoms with Crippen molar-refractivity contribution in [3.8, 4) is 0 Å². The molecule has 12 nitrogen and oxygen atoms in total. The van der Waals surface area contributed by atoms with E-state index in [9.17, 15) is 19.2 Å². The number of nitrogens with one attached hydrogen (secondary N) is 2. The van der Waals surface area contributed by atoms with E-state index in [1.54, 1.807) is 38.9 Å². The average molecular weight is 881 g/mol. The number of carbonyl (C=O) groups is 2. The Morgan fingerprint density at radius 3 is 1.38 bits per heavy atom. The third kappa shape index (κ3) is 11.0. The number of pyridine rings is 2. The van der Waals surface area contributed by atoms with Crippen LogP contribution in [0.15, 0.2) is 144 Å². The Hall–Kier alpha value is -7.28. The molecule has 0 saturated heterocycles. The van der Waals surface area contributed by atoms with Gasteiger partial charge in [0.05, 0.1) is 34.2 Å². The molecule has 4 aromatic carbocycles. The highest BCUT2D eigenvalue weighted by atomic mass is 16.2. The fraction of sp³-hybridized carbons (Fsp3) is 0.259. The summed E-state index contributed by atoms with van der Waals surface area (Å²) in [6.45, 7) is 7.92. The third-order valence-electron chi connectivity index (χ3n) is 11.8. The van der Waals surface area contributed by atoms with Crippen LogP contribution in [0, 0.1) is 13.8 Å². The van der Waals surface area contributed by atoms with Crippen molar-refractivity contribution in [1.29, 1.82) is 0 Å².